The Kier molecular flexibility index (Phi) is 3.80. The molecule has 1 atom stereocenters. The average Bonchev–Trinajstić information content (AvgIpc) is 2.40. The lowest BCUT2D eigenvalue weighted by Gasteiger charge is -2.34. The molecule has 0 spiro atoms. The van der Waals surface area contributed by atoms with E-state index in [0.717, 1.165) is 24.7 Å². The molecule has 0 bridgehead atoms. The van der Waals surface area contributed by atoms with E-state index in [2.05, 4.69) is 15.9 Å². The van der Waals surface area contributed by atoms with Crippen LogP contribution in [0.4, 0.5) is 0 Å². The molecule has 1 aromatic rings. The summed E-state index contributed by atoms with van der Waals surface area (Å²) in [4.78, 5) is 11.5. The standard InChI is InChI=1S/C14H17BrO/c15-14(11-16,12-7-3-1-4-8-12)13-9-5-2-6-10-13/h1,3-4,7-8,11,13H,2,5-6,9-10H2. The molecule has 86 valence electrons. The van der Waals surface area contributed by atoms with E-state index in [9.17, 15) is 4.79 Å². The molecule has 1 saturated carbocycles. The van der Waals surface area contributed by atoms with Crippen molar-refractivity contribution in [1.82, 2.24) is 0 Å². The molecule has 2 heteroatoms. The molecule has 1 nitrogen and oxygen atoms in total. The lowest BCUT2D eigenvalue weighted by atomic mass is 9.77. The Labute approximate surface area is 105 Å². The van der Waals surface area contributed by atoms with Gasteiger partial charge in [-0.2, -0.15) is 0 Å². The van der Waals surface area contributed by atoms with Crippen LogP contribution >= 0.6 is 15.9 Å². The third-order valence-electron chi connectivity index (χ3n) is 3.59. The maximum atomic E-state index is 11.5. The number of carbonyl (C=O) groups excluding carboxylic acids is 1. The quantitative estimate of drug-likeness (QED) is 0.603. The Morgan fingerprint density at radius 3 is 2.31 bits per heavy atom. The number of benzene rings is 1. The van der Waals surface area contributed by atoms with Crippen LogP contribution in [0.15, 0.2) is 30.3 Å². The normalized spacial score (nSPS) is 21.3. The molecule has 1 aliphatic rings. The summed E-state index contributed by atoms with van der Waals surface area (Å²) in [6, 6.07) is 10.1. The van der Waals surface area contributed by atoms with E-state index in [0.29, 0.717) is 5.92 Å². The van der Waals surface area contributed by atoms with Crippen LogP contribution in [0.3, 0.4) is 0 Å². The van der Waals surface area contributed by atoms with Gasteiger partial charge in [-0.05, 0) is 24.3 Å². The predicted octanol–water partition coefficient (Wildman–Crippen LogP) is 4.06. The van der Waals surface area contributed by atoms with Gasteiger partial charge < -0.3 is 4.79 Å². The topological polar surface area (TPSA) is 17.1 Å². The molecule has 1 fully saturated rings. The summed E-state index contributed by atoms with van der Waals surface area (Å²) in [6.45, 7) is 0. The third-order valence-corrected chi connectivity index (χ3v) is 4.88. The first-order chi connectivity index (χ1) is 7.77. The molecule has 0 aromatic heterocycles. The van der Waals surface area contributed by atoms with Gasteiger partial charge in [0.05, 0.1) is 0 Å². The molecule has 2 rings (SSSR count). The maximum Gasteiger partial charge on any atom is 0.141 e. The fraction of sp³-hybridized carbons (Fsp3) is 0.500. The number of hydrogen-bond donors (Lipinski definition) is 0. The van der Waals surface area contributed by atoms with Crippen LogP contribution in [0.1, 0.15) is 37.7 Å². The van der Waals surface area contributed by atoms with Gasteiger partial charge in [0.1, 0.15) is 10.6 Å². The van der Waals surface area contributed by atoms with E-state index in [4.69, 9.17) is 0 Å². The second-order valence-electron chi connectivity index (χ2n) is 4.59. The van der Waals surface area contributed by atoms with Crippen molar-refractivity contribution in [1.29, 1.82) is 0 Å². The largest absolute Gasteiger partial charge is 0.301 e. The highest BCUT2D eigenvalue weighted by atomic mass is 79.9. The summed E-state index contributed by atoms with van der Waals surface area (Å²) in [5, 5.41) is 0. The molecular weight excluding hydrogens is 264 g/mol. The van der Waals surface area contributed by atoms with Crippen molar-refractivity contribution in [3.63, 3.8) is 0 Å². The fourth-order valence-corrected chi connectivity index (χ4v) is 3.34. The highest BCUT2D eigenvalue weighted by molar-refractivity contribution is 9.10. The van der Waals surface area contributed by atoms with Gasteiger partial charge in [0.15, 0.2) is 0 Å². The summed E-state index contributed by atoms with van der Waals surface area (Å²) in [6.07, 6.45) is 7.20. The van der Waals surface area contributed by atoms with Crippen LogP contribution in [0.5, 0.6) is 0 Å². The fourth-order valence-electron chi connectivity index (χ4n) is 2.62. The van der Waals surface area contributed by atoms with E-state index < -0.39 is 4.32 Å². The van der Waals surface area contributed by atoms with Crippen molar-refractivity contribution in [3.05, 3.63) is 35.9 Å². The first-order valence-corrected chi connectivity index (χ1v) is 6.77. The first kappa shape index (κ1) is 11.8. The minimum Gasteiger partial charge on any atom is -0.301 e. The number of halogens is 1. The molecule has 0 saturated heterocycles. The van der Waals surface area contributed by atoms with Crippen LogP contribution in [0.25, 0.3) is 0 Å². The second-order valence-corrected chi connectivity index (χ2v) is 5.90. The molecule has 0 N–H and O–H groups in total. The van der Waals surface area contributed by atoms with Gasteiger partial charge in [-0.15, -0.1) is 0 Å². The zero-order valence-corrected chi connectivity index (χ0v) is 10.9. The SMILES string of the molecule is O=CC(Br)(c1ccccc1)C1CCCCC1. The third kappa shape index (κ3) is 2.22. The van der Waals surface area contributed by atoms with Crippen LogP contribution in [-0.2, 0) is 9.12 Å². The minimum atomic E-state index is -0.464. The monoisotopic (exact) mass is 280 g/mol. The minimum absolute atomic E-state index is 0.446. The highest BCUT2D eigenvalue weighted by Crippen LogP contribution is 2.44. The van der Waals surface area contributed by atoms with Crippen molar-refractivity contribution in [2.24, 2.45) is 5.92 Å². The maximum absolute atomic E-state index is 11.5. The summed E-state index contributed by atoms with van der Waals surface area (Å²) < 4.78 is -0.464. The average molecular weight is 281 g/mol. The van der Waals surface area contributed by atoms with Crippen molar-refractivity contribution < 1.29 is 4.79 Å². The second kappa shape index (κ2) is 5.13. The van der Waals surface area contributed by atoms with Gasteiger partial charge >= 0.3 is 0 Å². The summed E-state index contributed by atoms with van der Waals surface area (Å²) in [7, 11) is 0. The van der Waals surface area contributed by atoms with Gasteiger partial charge in [-0.3, -0.25) is 0 Å². The first-order valence-electron chi connectivity index (χ1n) is 5.98. The van der Waals surface area contributed by atoms with Crippen molar-refractivity contribution in [2.75, 3.05) is 0 Å². The zero-order valence-electron chi connectivity index (χ0n) is 9.36. The van der Waals surface area contributed by atoms with Gasteiger partial charge in [0, 0.05) is 0 Å². The number of rotatable bonds is 3. The number of alkyl halides is 1. The zero-order chi connectivity index (χ0) is 11.4. The van der Waals surface area contributed by atoms with Crippen LogP contribution in [0, 0.1) is 5.92 Å². The van der Waals surface area contributed by atoms with Crippen molar-refractivity contribution in [3.8, 4) is 0 Å². The number of aldehydes is 1. The Morgan fingerprint density at radius 2 is 1.75 bits per heavy atom. The molecule has 0 amide bonds. The smallest absolute Gasteiger partial charge is 0.141 e. The summed E-state index contributed by atoms with van der Waals surface area (Å²) in [5.41, 5.74) is 1.09. The summed E-state index contributed by atoms with van der Waals surface area (Å²) in [5.74, 6) is 0.446. The Morgan fingerprint density at radius 1 is 1.12 bits per heavy atom. The molecule has 0 heterocycles. The van der Waals surface area contributed by atoms with E-state index >= 15 is 0 Å². The van der Waals surface area contributed by atoms with Gasteiger partial charge in [-0.25, -0.2) is 0 Å². The van der Waals surface area contributed by atoms with Crippen molar-refractivity contribution >= 4 is 22.2 Å². The highest BCUT2D eigenvalue weighted by Gasteiger charge is 2.38. The molecule has 1 unspecified atom stereocenters. The molecule has 16 heavy (non-hydrogen) atoms. The molecule has 0 aliphatic heterocycles. The van der Waals surface area contributed by atoms with E-state index in [1.165, 1.54) is 19.3 Å². The van der Waals surface area contributed by atoms with Gasteiger partial charge in [0.2, 0.25) is 0 Å². The van der Waals surface area contributed by atoms with Crippen molar-refractivity contribution in [2.45, 2.75) is 36.4 Å². The molecule has 1 aromatic carbocycles. The van der Waals surface area contributed by atoms with Crippen LogP contribution in [-0.4, -0.2) is 6.29 Å². The Balaban J connectivity index is 2.27. The lowest BCUT2D eigenvalue weighted by molar-refractivity contribution is -0.111. The lowest BCUT2D eigenvalue weighted by Crippen LogP contribution is -2.32. The van der Waals surface area contributed by atoms with E-state index in [1.807, 2.05) is 30.3 Å². The Bertz CT molecular complexity index is 343. The molecule has 0 radical (unpaired) electrons. The number of hydrogen-bond acceptors (Lipinski definition) is 1. The predicted molar refractivity (Wildman–Crippen MR) is 69.7 cm³/mol. The van der Waals surface area contributed by atoms with E-state index in [-0.39, 0.29) is 0 Å². The van der Waals surface area contributed by atoms with Crippen LogP contribution in [0.2, 0.25) is 0 Å². The molecular formula is C14H17BrO. The van der Waals surface area contributed by atoms with Gasteiger partial charge in [-0.1, -0.05) is 65.5 Å². The summed E-state index contributed by atoms with van der Waals surface area (Å²) >= 11 is 3.69. The van der Waals surface area contributed by atoms with Crippen LogP contribution < -0.4 is 0 Å². The molecule has 1 aliphatic carbocycles. The Hall–Kier alpha value is -0.630. The van der Waals surface area contributed by atoms with Gasteiger partial charge in [0.25, 0.3) is 0 Å². The van der Waals surface area contributed by atoms with E-state index in [1.54, 1.807) is 0 Å². The number of carbonyl (C=O) groups is 1.